The molecule has 0 saturated carbocycles. The summed E-state index contributed by atoms with van der Waals surface area (Å²) in [6, 6.07) is 7.71. The summed E-state index contributed by atoms with van der Waals surface area (Å²) < 4.78 is 2.86. The van der Waals surface area contributed by atoms with E-state index in [1.165, 1.54) is 0 Å². The normalized spacial score (nSPS) is 10.6. The van der Waals surface area contributed by atoms with E-state index in [1.54, 1.807) is 13.8 Å². The molecule has 2 rings (SSSR count). The van der Waals surface area contributed by atoms with Gasteiger partial charge in [0.25, 0.3) is 0 Å². The Bertz CT molecular complexity index is 864. The summed E-state index contributed by atoms with van der Waals surface area (Å²) in [4.78, 5) is 24.6. The van der Waals surface area contributed by atoms with Crippen molar-refractivity contribution < 1.29 is 9.59 Å². The molecule has 27 heavy (non-hydrogen) atoms. The highest BCUT2D eigenvalue weighted by molar-refractivity contribution is 9.11. The lowest BCUT2D eigenvalue weighted by Crippen LogP contribution is -2.05. The van der Waals surface area contributed by atoms with Crippen molar-refractivity contribution in [2.24, 2.45) is 0 Å². The molecule has 0 radical (unpaired) electrons. The highest BCUT2D eigenvalue weighted by Gasteiger charge is 2.18. The van der Waals surface area contributed by atoms with E-state index in [9.17, 15) is 9.59 Å². The van der Waals surface area contributed by atoms with Crippen molar-refractivity contribution in [2.75, 3.05) is 0 Å². The topological polar surface area (TPSA) is 34.1 Å². The molecule has 0 aliphatic heterocycles. The van der Waals surface area contributed by atoms with Crippen LogP contribution < -0.4 is 0 Å². The molecule has 0 aromatic heterocycles. The molecule has 0 saturated heterocycles. The maximum Gasteiger partial charge on any atom is 0.190 e. The van der Waals surface area contributed by atoms with Crippen molar-refractivity contribution in [1.82, 2.24) is 0 Å². The van der Waals surface area contributed by atoms with Gasteiger partial charge in [0, 0.05) is 17.9 Å². The lowest BCUT2D eigenvalue weighted by atomic mass is 9.98. The van der Waals surface area contributed by atoms with E-state index in [1.807, 2.05) is 24.3 Å². The van der Waals surface area contributed by atoms with Gasteiger partial charge in [-0.25, -0.2) is 0 Å². The number of ketones is 2. The van der Waals surface area contributed by atoms with E-state index in [0.717, 1.165) is 11.1 Å². The standard InChI is InChI=1S/C21H16Br4O2/c1-10(2)20(26)18-14(22)6-12(7-15(18)23)5-13-8-16(24)19(17(25)9-13)21(27)11(3)4/h6-9H,1,3,5H2,2,4H3. The number of rotatable bonds is 6. The number of Topliss-reactive ketones (excluding diaryl/α,β-unsaturated/α-hetero) is 2. The van der Waals surface area contributed by atoms with Gasteiger partial charge in [0.05, 0.1) is 11.1 Å². The SMILES string of the molecule is C=C(C)C(=O)c1c(Br)cc(Cc2cc(Br)c(C(=O)C(=C)C)c(Br)c2)cc1Br. The van der Waals surface area contributed by atoms with Gasteiger partial charge in [-0.3, -0.25) is 9.59 Å². The molecule has 2 nitrogen and oxygen atoms in total. The van der Waals surface area contributed by atoms with Crippen LogP contribution in [-0.2, 0) is 6.42 Å². The Balaban J connectivity index is 2.41. The zero-order chi connectivity index (χ0) is 20.5. The second kappa shape index (κ2) is 9.12. The van der Waals surface area contributed by atoms with Gasteiger partial charge in [0.1, 0.15) is 0 Å². The molecule has 2 aromatic carbocycles. The predicted octanol–water partition coefficient (Wildman–Crippen LogP) is 7.85. The Labute approximate surface area is 192 Å². The van der Waals surface area contributed by atoms with Crippen molar-refractivity contribution >= 4 is 75.3 Å². The first-order valence-electron chi connectivity index (χ1n) is 7.89. The van der Waals surface area contributed by atoms with E-state index < -0.39 is 0 Å². The van der Waals surface area contributed by atoms with Crippen LogP contribution in [0.4, 0.5) is 0 Å². The minimum atomic E-state index is -0.103. The minimum absolute atomic E-state index is 0.103. The number of hydrogen-bond donors (Lipinski definition) is 0. The van der Waals surface area contributed by atoms with Crippen LogP contribution in [0.2, 0.25) is 0 Å². The van der Waals surface area contributed by atoms with Crippen LogP contribution in [0.5, 0.6) is 0 Å². The van der Waals surface area contributed by atoms with E-state index >= 15 is 0 Å². The summed E-state index contributed by atoms with van der Waals surface area (Å²) in [7, 11) is 0. The van der Waals surface area contributed by atoms with Crippen LogP contribution in [0.15, 0.2) is 66.5 Å². The summed E-state index contributed by atoms with van der Waals surface area (Å²) in [5.74, 6) is -0.207. The average molecular weight is 620 g/mol. The molecule has 0 aliphatic rings. The van der Waals surface area contributed by atoms with Crippen molar-refractivity contribution in [3.8, 4) is 0 Å². The smallest absolute Gasteiger partial charge is 0.190 e. The third-order valence-electron chi connectivity index (χ3n) is 3.84. The Kier molecular flexibility index (Phi) is 7.59. The predicted molar refractivity (Wildman–Crippen MR) is 125 cm³/mol. The molecule has 140 valence electrons. The van der Waals surface area contributed by atoms with Crippen molar-refractivity contribution in [3.63, 3.8) is 0 Å². The van der Waals surface area contributed by atoms with Gasteiger partial charge in [0.2, 0.25) is 0 Å². The Morgan fingerprint density at radius 1 is 0.704 bits per heavy atom. The molecule has 6 heteroatoms. The molecule has 0 bridgehead atoms. The number of benzene rings is 2. The first-order chi connectivity index (χ1) is 12.5. The van der Waals surface area contributed by atoms with Crippen LogP contribution >= 0.6 is 63.7 Å². The highest BCUT2D eigenvalue weighted by atomic mass is 79.9. The summed E-state index contributed by atoms with van der Waals surface area (Å²) >= 11 is 14.0. The quantitative estimate of drug-likeness (QED) is 0.244. The van der Waals surface area contributed by atoms with Crippen LogP contribution in [0.3, 0.4) is 0 Å². The Morgan fingerprint density at radius 2 is 0.963 bits per heavy atom. The molecule has 0 unspecified atom stereocenters. The van der Waals surface area contributed by atoms with Crippen LogP contribution in [0, 0.1) is 0 Å². The van der Waals surface area contributed by atoms with Gasteiger partial charge < -0.3 is 0 Å². The maximum absolute atomic E-state index is 12.3. The summed E-state index contributed by atoms with van der Waals surface area (Å²) in [6.45, 7) is 10.8. The molecule has 0 amide bonds. The summed E-state index contributed by atoms with van der Waals surface area (Å²) in [6.07, 6.45) is 0.636. The van der Waals surface area contributed by atoms with E-state index in [4.69, 9.17) is 0 Å². The molecule has 0 fully saturated rings. The molecule has 0 heterocycles. The fourth-order valence-electron chi connectivity index (χ4n) is 2.55. The lowest BCUT2D eigenvalue weighted by molar-refractivity contribution is 0.102. The minimum Gasteiger partial charge on any atom is -0.289 e. The number of halogens is 4. The second-order valence-corrected chi connectivity index (χ2v) is 9.68. The van der Waals surface area contributed by atoms with Gasteiger partial charge in [-0.1, -0.05) is 13.2 Å². The molecule has 0 atom stereocenters. The van der Waals surface area contributed by atoms with Crippen molar-refractivity contribution in [1.29, 1.82) is 0 Å². The van der Waals surface area contributed by atoms with Gasteiger partial charge in [0.15, 0.2) is 11.6 Å². The van der Waals surface area contributed by atoms with Crippen molar-refractivity contribution in [3.05, 3.63) is 88.7 Å². The largest absolute Gasteiger partial charge is 0.289 e. The summed E-state index contributed by atoms with van der Waals surface area (Å²) in [5, 5.41) is 0. The molecule has 0 N–H and O–H groups in total. The maximum atomic E-state index is 12.3. The fraction of sp³-hybridized carbons (Fsp3) is 0.143. The zero-order valence-corrected chi connectivity index (χ0v) is 21.1. The van der Waals surface area contributed by atoms with Gasteiger partial charge in [-0.05, 0) is 131 Å². The number of carbonyl (C=O) groups is 2. The second-order valence-electron chi connectivity index (χ2n) is 6.26. The van der Waals surface area contributed by atoms with Crippen LogP contribution in [0.25, 0.3) is 0 Å². The molecular formula is C21H16Br4O2. The van der Waals surface area contributed by atoms with Crippen molar-refractivity contribution in [2.45, 2.75) is 20.3 Å². The average Bonchev–Trinajstić information content (AvgIpc) is 2.52. The number of hydrogen-bond acceptors (Lipinski definition) is 2. The Morgan fingerprint density at radius 3 is 1.19 bits per heavy atom. The summed E-state index contributed by atoms with van der Waals surface area (Å²) in [5.41, 5.74) is 4.13. The number of carbonyl (C=O) groups excluding carboxylic acids is 2. The highest BCUT2D eigenvalue weighted by Crippen LogP contribution is 2.33. The molecular weight excluding hydrogens is 604 g/mol. The first kappa shape index (κ1) is 22.5. The van der Waals surface area contributed by atoms with Gasteiger partial charge >= 0.3 is 0 Å². The van der Waals surface area contributed by atoms with Crippen LogP contribution in [0.1, 0.15) is 45.7 Å². The van der Waals surface area contributed by atoms with Gasteiger partial charge in [-0.2, -0.15) is 0 Å². The van der Waals surface area contributed by atoms with Gasteiger partial charge in [-0.15, -0.1) is 0 Å². The van der Waals surface area contributed by atoms with Crippen LogP contribution in [-0.4, -0.2) is 11.6 Å². The Hall–Kier alpha value is -0.820. The molecule has 0 spiro atoms. The van der Waals surface area contributed by atoms with E-state index in [-0.39, 0.29) is 11.6 Å². The van der Waals surface area contributed by atoms with E-state index in [0.29, 0.717) is 46.6 Å². The zero-order valence-electron chi connectivity index (χ0n) is 14.8. The third kappa shape index (κ3) is 5.17. The lowest BCUT2D eigenvalue weighted by Gasteiger charge is -2.12. The fourth-order valence-corrected chi connectivity index (χ4v) is 5.83. The molecule has 0 aliphatic carbocycles. The first-order valence-corrected chi connectivity index (χ1v) is 11.1. The van der Waals surface area contributed by atoms with E-state index in [2.05, 4.69) is 76.9 Å². The number of allylic oxidation sites excluding steroid dienone is 2. The third-order valence-corrected chi connectivity index (χ3v) is 6.34. The molecule has 2 aromatic rings. The monoisotopic (exact) mass is 616 g/mol.